The molecule has 0 fully saturated rings. The van der Waals surface area contributed by atoms with E-state index in [4.69, 9.17) is 5.73 Å². The predicted molar refractivity (Wildman–Crippen MR) is 421 cm³/mol. The summed E-state index contributed by atoms with van der Waals surface area (Å²) in [5.41, 5.74) is 14.0. The Bertz CT molecular complexity index is 4510. The lowest BCUT2D eigenvalue weighted by Gasteiger charge is -2.30. The number of fused-ring (bicyclic) bond motifs is 1. The fourth-order valence-corrected chi connectivity index (χ4v) is 14.8. The van der Waals surface area contributed by atoms with Crippen LogP contribution in [0.25, 0.3) is 16.5 Å². The minimum Gasteiger partial charge on any atom is -0.388 e. The molecular formula is C83H95N13O8S2. The molecule has 6 amide bonds. The summed E-state index contributed by atoms with van der Waals surface area (Å²) in [6, 6.07) is 73.3. The molecule has 1 unspecified atom stereocenters. The maximum absolute atomic E-state index is 15.1. The third-order valence-electron chi connectivity index (χ3n) is 17.6. The molecule has 0 radical (unpaired) electrons. The van der Waals surface area contributed by atoms with E-state index in [-0.39, 0.29) is 95.9 Å². The van der Waals surface area contributed by atoms with Gasteiger partial charge in [0.05, 0.1) is 31.1 Å². The summed E-state index contributed by atoms with van der Waals surface area (Å²) in [7, 11) is 1.22. The standard InChI is InChI=1S/C83H95N13O8S2/c1-6-28-74(90(4)5)70-41-27-46-76(63(70)2)106(103,104)96(56-69-39-23-12-24-40-69)62-82(102)94(54-67-35-19-10-20-36-67)60-80(100)92(52-65-31-15-8-16-32-65)58-78(98)87-48-50-89-83(84)88-49-47-86-77(97)57-91(51-64-29-13-7-14-30-64)79(99)59-93(53-66-33-17-9-18-34-66)81(101)61-95(55-68-37-21-11-22-38-68)105-75-45-26-42-71-72(75)43-25-44-73(71)85-3/h6-46,83,85,88-89H,1,47-62,84H2,2-5H3,(H,86,97)(H,87,98)/b74-28+. The maximum Gasteiger partial charge on any atom is 0.244 e. The summed E-state index contributed by atoms with van der Waals surface area (Å²) in [6.45, 7) is 4.76. The smallest absolute Gasteiger partial charge is 0.244 e. The topological polar surface area (TPSA) is 245 Å². The van der Waals surface area contributed by atoms with E-state index in [0.29, 0.717) is 28.8 Å². The van der Waals surface area contributed by atoms with Crippen LogP contribution in [0.2, 0.25) is 0 Å². The minimum absolute atomic E-state index is 0.0199. The average molecular weight is 1470 g/mol. The number of nitrogens with one attached hydrogen (secondary N) is 5. The highest BCUT2D eigenvalue weighted by Crippen LogP contribution is 2.35. The molecule has 0 spiro atoms. The number of nitrogens with zero attached hydrogens (tertiary/aromatic N) is 7. The third-order valence-corrected chi connectivity index (χ3v) is 20.6. The summed E-state index contributed by atoms with van der Waals surface area (Å²) in [4.78, 5) is 95.6. The van der Waals surface area contributed by atoms with E-state index in [9.17, 15) is 28.8 Å². The summed E-state index contributed by atoms with van der Waals surface area (Å²) in [6.07, 6.45) is 2.66. The number of hydrogen-bond donors (Lipinski definition) is 6. The van der Waals surface area contributed by atoms with Crippen molar-refractivity contribution in [2.75, 3.05) is 91.9 Å². The van der Waals surface area contributed by atoms with Crippen molar-refractivity contribution in [2.24, 2.45) is 5.73 Å². The quantitative estimate of drug-likeness (QED) is 0.00906. The van der Waals surface area contributed by atoms with Crippen LogP contribution < -0.4 is 32.3 Å². The van der Waals surface area contributed by atoms with Gasteiger partial charge in [-0.2, -0.15) is 4.31 Å². The zero-order valence-corrected chi connectivity index (χ0v) is 62.2. The summed E-state index contributed by atoms with van der Waals surface area (Å²) in [5.74, 6) is -2.76. The van der Waals surface area contributed by atoms with Crippen molar-refractivity contribution < 1.29 is 37.2 Å². The molecule has 7 N–H and O–H groups in total. The van der Waals surface area contributed by atoms with Crippen molar-refractivity contribution in [3.63, 3.8) is 0 Å². The number of rotatable bonds is 40. The minimum atomic E-state index is -4.39. The average Bonchev–Trinajstić information content (AvgIpc) is 0.780. The van der Waals surface area contributed by atoms with Crippen LogP contribution in [0.5, 0.6) is 0 Å². The van der Waals surface area contributed by atoms with Gasteiger partial charge < -0.3 is 46.2 Å². The largest absolute Gasteiger partial charge is 0.388 e. The number of hydrogen-bond acceptors (Lipinski definition) is 15. The highest BCUT2D eigenvalue weighted by atomic mass is 32.2. The molecule has 0 aliphatic heterocycles. The van der Waals surface area contributed by atoms with Gasteiger partial charge in [0.2, 0.25) is 45.5 Å². The molecule has 0 aliphatic carbocycles. The van der Waals surface area contributed by atoms with Gasteiger partial charge in [0.25, 0.3) is 0 Å². The van der Waals surface area contributed by atoms with Crippen molar-refractivity contribution in [2.45, 2.75) is 62.3 Å². The van der Waals surface area contributed by atoms with E-state index in [1.54, 1.807) is 54.3 Å². The normalized spacial score (nSPS) is 11.7. The molecule has 0 bridgehead atoms. The Morgan fingerprint density at radius 3 is 1.27 bits per heavy atom. The molecule has 0 saturated heterocycles. The first-order chi connectivity index (χ1) is 51.3. The highest BCUT2D eigenvalue weighted by Gasteiger charge is 2.33. The van der Waals surface area contributed by atoms with Crippen LogP contribution in [-0.4, -0.2) is 170 Å². The highest BCUT2D eigenvalue weighted by molar-refractivity contribution is 7.97. The van der Waals surface area contributed by atoms with Gasteiger partial charge in [0, 0.05) is 114 Å². The van der Waals surface area contributed by atoms with Crippen LogP contribution in [0.1, 0.15) is 44.5 Å². The lowest BCUT2D eigenvalue weighted by Crippen LogP contribution is -2.53. The molecule has 23 heteroatoms. The van der Waals surface area contributed by atoms with Crippen molar-refractivity contribution in [1.82, 2.24) is 54.4 Å². The van der Waals surface area contributed by atoms with Crippen LogP contribution in [-0.2, 0) is 78.1 Å². The molecule has 0 aliphatic rings. The van der Waals surface area contributed by atoms with E-state index in [1.807, 2.05) is 218 Å². The lowest BCUT2D eigenvalue weighted by molar-refractivity contribution is -0.143. The maximum atomic E-state index is 15.1. The predicted octanol–water partition coefficient (Wildman–Crippen LogP) is 9.45. The third kappa shape index (κ3) is 23.9. The second-order valence-corrected chi connectivity index (χ2v) is 28.7. The number of anilines is 1. The fraction of sp³-hybridized carbons (Fsp3) is 0.253. The summed E-state index contributed by atoms with van der Waals surface area (Å²) >= 11 is 1.49. The summed E-state index contributed by atoms with van der Waals surface area (Å²) < 4.78 is 33.3. The SMILES string of the molecule is C=C/C=C(\c1cccc(S(=O)(=O)N(CC(=O)N(CC(=O)N(CC(=O)NCCNC(N)NCCNC(=O)CN(Cc2ccccc2)C(=O)CN(Cc2ccccc2)C(=O)CN(Cc2ccccc2)Sc2cccc3c(NC)cccc23)Cc2ccccc2)Cc2ccccc2)Cc2ccccc2)c1C)N(C)C. The molecule has 0 saturated carbocycles. The molecule has 106 heavy (non-hydrogen) atoms. The van der Waals surface area contributed by atoms with Gasteiger partial charge in [-0.25, -0.2) is 12.7 Å². The molecule has 9 aromatic carbocycles. The van der Waals surface area contributed by atoms with Crippen LogP contribution in [0.3, 0.4) is 0 Å². The van der Waals surface area contributed by atoms with E-state index in [1.165, 1.54) is 32.7 Å². The van der Waals surface area contributed by atoms with E-state index >= 15 is 8.42 Å². The molecular weight excluding hydrogens is 1370 g/mol. The number of sulfonamides is 1. The molecule has 0 aromatic heterocycles. The van der Waals surface area contributed by atoms with Gasteiger partial charge in [-0.3, -0.25) is 39.4 Å². The van der Waals surface area contributed by atoms with E-state index in [2.05, 4.69) is 45.3 Å². The second-order valence-electron chi connectivity index (χ2n) is 25.7. The monoisotopic (exact) mass is 1470 g/mol. The van der Waals surface area contributed by atoms with Gasteiger partial charge in [-0.05, 0) is 87.5 Å². The van der Waals surface area contributed by atoms with Crippen LogP contribution in [0.15, 0.2) is 265 Å². The Morgan fingerprint density at radius 1 is 0.453 bits per heavy atom. The Kier molecular flexibility index (Phi) is 30.3. The molecule has 9 aromatic rings. The van der Waals surface area contributed by atoms with Crippen LogP contribution in [0, 0.1) is 6.92 Å². The van der Waals surface area contributed by atoms with E-state index < -0.39 is 58.9 Å². The zero-order valence-electron chi connectivity index (χ0n) is 60.6. The van der Waals surface area contributed by atoms with Gasteiger partial charge >= 0.3 is 0 Å². The molecule has 552 valence electrons. The summed E-state index contributed by atoms with van der Waals surface area (Å²) in [5, 5.41) is 17.4. The Hall–Kier alpha value is -10.8. The van der Waals surface area contributed by atoms with Crippen LogP contribution in [0.4, 0.5) is 5.69 Å². The number of nitrogens with two attached hydrogens (primary N) is 1. The zero-order chi connectivity index (χ0) is 75.2. The van der Waals surface area contributed by atoms with Gasteiger partial charge in [-0.15, -0.1) is 0 Å². The fourth-order valence-electron chi connectivity index (χ4n) is 12.1. The number of benzene rings is 9. The van der Waals surface area contributed by atoms with Gasteiger partial charge in [-0.1, -0.05) is 231 Å². The van der Waals surface area contributed by atoms with Crippen molar-refractivity contribution in [3.05, 3.63) is 300 Å². The Balaban J connectivity index is 0.802. The molecule has 0 heterocycles. The Morgan fingerprint density at radius 2 is 0.840 bits per heavy atom. The van der Waals surface area contributed by atoms with Gasteiger partial charge in [0.1, 0.15) is 19.4 Å². The molecule has 21 nitrogen and oxygen atoms in total. The van der Waals surface area contributed by atoms with Crippen molar-refractivity contribution >= 4 is 79.6 Å². The first-order valence-corrected chi connectivity index (χ1v) is 37.4. The number of amides is 6. The lowest BCUT2D eigenvalue weighted by atomic mass is 10.0. The van der Waals surface area contributed by atoms with Crippen molar-refractivity contribution in [1.29, 1.82) is 0 Å². The number of allylic oxidation sites excluding steroid dienone is 2. The number of carbonyl (C=O) groups is 6. The van der Waals surface area contributed by atoms with E-state index in [0.717, 1.165) is 53.6 Å². The first-order valence-electron chi connectivity index (χ1n) is 35.2. The van der Waals surface area contributed by atoms with Crippen molar-refractivity contribution in [3.8, 4) is 0 Å². The molecule has 1 atom stereocenters. The Labute approximate surface area is 627 Å². The molecule has 9 rings (SSSR count). The van der Waals surface area contributed by atoms with Crippen LogP contribution >= 0.6 is 11.9 Å². The first kappa shape index (κ1) is 79.4. The number of carbonyl (C=O) groups excluding carboxylic acids is 6. The second kappa shape index (κ2) is 40.5. The van der Waals surface area contributed by atoms with Gasteiger partial charge in [0.15, 0.2) is 0 Å².